The van der Waals surface area contributed by atoms with E-state index in [-0.39, 0.29) is 6.04 Å². The Morgan fingerprint density at radius 2 is 2.05 bits per heavy atom. The number of thiophene rings is 1. The number of hydrogen-bond donors (Lipinski definition) is 2. The van der Waals surface area contributed by atoms with E-state index in [4.69, 9.17) is 29.6 Å². The fourth-order valence-corrected chi connectivity index (χ4v) is 3.60. The number of thiocarbonyl (C=S) groups is 1. The lowest BCUT2D eigenvalue weighted by Gasteiger charge is -2.18. The van der Waals surface area contributed by atoms with E-state index in [1.807, 2.05) is 23.5 Å². The minimum Gasteiger partial charge on any atom is -0.389 e. The smallest absolute Gasteiger partial charge is 0.106 e. The molecule has 5 heteroatoms. The van der Waals surface area contributed by atoms with Crippen molar-refractivity contribution in [3.8, 4) is 0 Å². The van der Waals surface area contributed by atoms with Crippen LogP contribution in [0.15, 0.2) is 24.3 Å². The highest BCUT2D eigenvalue weighted by Gasteiger charge is 2.14. The summed E-state index contributed by atoms with van der Waals surface area (Å²) in [5.41, 5.74) is 8.76. The van der Waals surface area contributed by atoms with Crippen LogP contribution in [0.1, 0.15) is 33.8 Å². The van der Waals surface area contributed by atoms with Gasteiger partial charge in [0.1, 0.15) is 4.99 Å². The number of nitrogens with one attached hydrogen (secondary N) is 1. The largest absolute Gasteiger partial charge is 0.389 e. The van der Waals surface area contributed by atoms with Gasteiger partial charge in [0.25, 0.3) is 0 Å². The van der Waals surface area contributed by atoms with Crippen molar-refractivity contribution in [3.05, 3.63) is 50.2 Å². The molecule has 1 aromatic carbocycles. The molecule has 20 heavy (non-hydrogen) atoms. The van der Waals surface area contributed by atoms with E-state index in [2.05, 4.69) is 32.2 Å². The van der Waals surface area contributed by atoms with Crippen molar-refractivity contribution in [1.82, 2.24) is 0 Å². The van der Waals surface area contributed by atoms with Crippen LogP contribution in [0.3, 0.4) is 0 Å². The van der Waals surface area contributed by atoms with E-state index in [9.17, 15) is 0 Å². The number of benzene rings is 1. The van der Waals surface area contributed by atoms with E-state index >= 15 is 0 Å². The standard InChI is InChI=1S/C15H17ClN2S2/c1-8-6-12(10(3)20-8)9(2)18-14-5-4-11(16)7-13(14)15(17)19/h4-7,9,18H,1-3H3,(H2,17,19). The number of halogens is 1. The molecule has 0 bridgehead atoms. The Morgan fingerprint density at radius 1 is 1.35 bits per heavy atom. The molecule has 0 saturated carbocycles. The molecule has 0 spiro atoms. The number of aryl methyl sites for hydroxylation is 2. The summed E-state index contributed by atoms with van der Waals surface area (Å²) in [6.45, 7) is 6.39. The summed E-state index contributed by atoms with van der Waals surface area (Å²) in [6.07, 6.45) is 0. The third-order valence-corrected chi connectivity index (χ3v) is 4.60. The first-order valence-electron chi connectivity index (χ1n) is 6.31. The Kier molecular flexibility index (Phi) is 4.68. The predicted octanol–water partition coefficient (Wildman–Crippen LogP) is 4.83. The summed E-state index contributed by atoms with van der Waals surface area (Å²) < 4.78 is 0. The van der Waals surface area contributed by atoms with Crippen LogP contribution in [0.25, 0.3) is 0 Å². The maximum absolute atomic E-state index is 6.00. The van der Waals surface area contributed by atoms with E-state index < -0.39 is 0 Å². The van der Waals surface area contributed by atoms with Crippen molar-refractivity contribution in [2.45, 2.75) is 26.8 Å². The Hall–Kier alpha value is -1.10. The molecule has 0 aliphatic heterocycles. The highest BCUT2D eigenvalue weighted by Crippen LogP contribution is 2.30. The summed E-state index contributed by atoms with van der Waals surface area (Å²) >= 11 is 12.9. The van der Waals surface area contributed by atoms with Gasteiger partial charge in [0.05, 0.1) is 0 Å². The van der Waals surface area contributed by atoms with Gasteiger partial charge in [-0.05, 0) is 50.6 Å². The van der Waals surface area contributed by atoms with Gasteiger partial charge >= 0.3 is 0 Å². The van der Waals surface area contributed by atoms with Crippen molar-refractivity contribution in [2.75, 3.05) is 5.32 Å². The molecule has 0 aliphatic rings. The molecule has 0 aliphatic carbocycles. The fraction of sp³-hybridized carbons (Fsp3) is 0.267. The van der Waals surface area contributed by atoms with E-state index in [1.165, 1.54) is 15.3 Å². The molecule has 2 nitrogen and oxygen atoms in total. The van der Waals surface area contributed by atoms with Crippen LogP contribution in [0.2, 0.25) is 5.02 Å². The van der Waals surface area contributed by atoms with Crippen molar-refractivity contribution in [2.24, 2.45) is 5.73 Å². The minimum absolute atomic E-state index is 0.189. The van der Waals surface area contributed by atoms with Crippen LogP contribution in [0.5, 0.6) is 0 Å². The van der Waals surface area contributed by atoms with Gasteiger partial charge in [-0.15, -0.1) is 11.3 Å². The van der Waals surface area contributed by atoms with Gasteiger partial charge in [-0.2, -0.15) is 0 Å². The lowest BCUT2D eigenvalue weighted by molar-refractivity contribution is 0.881. The van der Waals surface area contributed by atoms with Gasteiger partial charge < -0.3 is 11.1 Å². The fourth-order valence-electron chi connectivity index (χ4n) is 2.24. The molecule has 1 aromatic heterocycles. The van der Waals surface area contributed by atoms with Crippen LogP contribution in [-0.4, -0.2) is 4.99 Å². The number of rotatable bonds is 4. The Balaban J connectivity index is 2.30. The number of anilines is 1. The maximum Gasteiger partial charge on any atom is 0.106 e. The summed E-state index contributed by atoms with van der Waals surface area (Å²) in [5.74, 6) is 0. The van der Waals surface area contributed by atoms with E-state index in [0.29, 0.717) is 10.0 Å². The van der Waals surface area contributed by atoms with Crippen molar-refractivity contribution in [1.29, 1.82) is 0 Å². The SMILES string of the molecule is Cc1cc(C(C)Nc2ccc(Cl)cc2C(N)=S)c(C)s1. The predicted molar refractivity (Wildman–Crippen MR) is 93.2 cm³/mol. The molecule has 0 fully saturated rings. The second-order valence-corrected chi connectivity index (χ2v) is 7.13. The summed E-state index contributed by atoms with van der Waals surface area (Å²) in [7, 11) is 0. The quantitative estimate of drug-likeness (QED) is 0.791. The zero-order valence-electron chi connectivity index (χ0n) is 11.7. The molecule has 0 saturated heterocycles. The van der Waals surface area contributed by atoms with E-state index in [0.717, 1.165) is 11.3 Å². The zero-order valence-corrected chi connectivity index (χ0v) is 14.0. The first-order valence-corrected chi connectivity index (χ1v) is 7.91. The first-order chi connectivity index (χ1) is 9.38. The average molecular weight is 325 g/mol. The van der Waals surface area contributed by atoms with E-state index in [1.54, 1.807) is 6.07 Å². The van der Waals surface area contributed by atoms with Crippen LogP contribution >= 0.6 is 35.2 Å². The molecular formula is C15H17ClN2S2. The van der Waals surface area contributed by atoms with Crippen LogP contribution in [0, 0.1) is 13.8 Å². The molecule has 0 radical (unpaired) electrons. The van der Waals surface area contributed by atoms with Gasteiger partial charge in [0.15, 0.2) is 0 Å². The normalized spacial score (nSPS) is 12.2. The van der Waals surface area contributed by atoms with Gasteiger partial charge in [0, 0.05) is 32.1 Å². The molecule has 1 heterocycles. The highest BCUT2D eigenvalue weighted by molar-refractivity contribution is 7.80. The Morgan fingerprint density at radius 3 is 2.60 bits per heavy atom. The molecule has 2 rings (SSSR count). The second-order valence-electron chi connectivity index (χ2n) is 4.79. The summed E-state index contributed by atoms with van der Waals surface area (Å²) in [6, 6.07) is 7.96. The topological polar surface area (TPSA) is 38.0 Å². The van der Waals surface area contributed by atoms with Crippen LogP contribution < -0.4 is 11.1 Å². The third-order valence-electron chi connectivity index (χ3n) is 3.16. The lowest BCUT2D eigenvalue weighted by Crippen LogP contribution is -2.15. The van der Waals surface area contributed by atoms with Gasteiger partial charge in [-0.1, -0.05) is 23.8 Å². The van der Waals surface area contributed by atoms with Crippen molar-refractivity contribution >= 4 is 45.8 Å². The molecule has 1 atom stereocenters. The van der Waals surface area contributed by atoms with Gasteiger partial charge in [0.2, 0.25) is 0 Å². The van der Waals surface area contributed by atoms with Gasteiger partial charge in [-0.3, -0.25) is 0 Å². The van der Waals surface area contributed by atoms with Crippen molar-refractivity contribution in [3.63, 3.8) is 0 Å². The first kappa shape index (κ1) is 15.3. The number of nitrogens with two attached hydrogens (primary N) is 1. The number of hydrogen-bond acceptors (Lipinski definition) is 3. The maximum atomic E-state index is 6.00. The molecule has 1 unspecified atom stereocenters. The highest BCUT2D eigenvalue weighted by atomic mass is 35.5. The molecule has 106 valence electrons. The summed E-state index contributed by atoms with van der Waals surface area (Å²) in [4.78, 5) is 2.99. The lowest BCUT2D eigenvalue weighted by atomic mass is 10.1. The molecule has 2 aromatic rings. The van der Waals surface area contributed by atoms with Crippen LogP contribution in [0.4, 0.5) is 5.69 Å². The van der Waals surface area contributed by atoms with Gasteiger partial charge in [-0.25, -0.2) is 0 Å². The Labute approximate surface area is 134 Å². The molecular weight excluding hydrogens is 308 g/mol. The summed E-state index contributed by atoms with van der Waals surface area (Å²) in [5, 5.41) is 4.10. The average Bonchev–Trinajstić information content (AvgIpc) is 2.70. The van der Waals surface area contributed by atoms with Crippen molar-refractivity contribution < 1.29 is 0 Å². The third kappa shape index (κ3) is 3.32. The molecule has 3 N–H and O–H groups in total. The zero-order chi connectivity index (χ0) is 14.9. The second kappa shape index (κ2) is 6.12. The Bertz CT molecular complexity index is 649. The monoisotopic (exact) mass is 324 g/mol. The van der Waals surface area contributed by atoms with Crippen LogP contribution in [-0.2, 0) is 0 Å². The minimum atomic E-state index is 0.189. The molecule has 0 amide bonds.